The van der Waals surface area contributed by atoms with Gasteiger partial charge in [-0.25, -0.2) is 9.67 Å². The highest BCUT2D eigenvalue weighted by Gasteiger charge is 2.24. The summed E-state index contributed by atoms with van der Waals surface area (Å²) in [5.41, 5.74) is 3.22. The molecule has 4 aromatic rings. The Balaban J connectivity index is 1.44. The van der Waals surface area contributed by atoms with Gasteiger partial charge in [0.15, 0.2) is 0 Å². The van der Waals surface area contributed by atoms with Crippen molar-refractivity contribution in [1.82, 2.24) is 20.1 Å². The summed E-state index contributed by atoms with van der Waals surface area (Å²) in [5, 5.41) is 20.6. The number of amides is 1. The first-order valence-corrected chi connectivity index (χ1v) is 14.0. The number of para-hydroxylation sites is 1. The van der Waals surface area contributed by atoms with Crippen molar-refractivity contribution in [2.45, 2.75) is 25.1 Å². The van der Waals surface area contributed by atoms with Crippen molar-refractivity contribution in [3.05, 3.63) is 87.3 Å². The maximum atomic E-state index is 13.0. The van der Waals surface area contributed by atoms with Crippen LogP contribution in [0.15, 0.2) is 65.6 Å². The molecule has 0 spiro atoms. The molecule has 5 rings (SSSR count). The van der Waals surface area contributed by atoms with Crippen LogP contribution in [0.3, 0.4) is 0 Å². The van der Waals surface area contributed by atoms with Gasteiger partial charge in [0.25, 0.3) is 11.5 Å². The van der Waals surface area contributed by atoms with E-state index in [1.54, 1.807) is 19.2 Å². The van der Waals surface area contributed by atoms with Crippen molar-refractivity contribution in [2.24, 2.45) is 7.05 Å². The van der Waals surface area contributed by atoms with Crippen LogP contribution in [-0.4, -0.2) is 65.4 Å². The van der Waals surface area contributed by atoms with Crippen LogP contribution in [0.4, 0.5) is 5.69 Å². The maximum absolute atomic E-state index is 13.0. The van der Waals surface area contributed by atoms with Crippen LogP contribution < -0.4 is 25.7 Å². The lowest BCUT2D eigenvalue weighted by Gasteiger charge is -2.28. The average Bonchev–Trinajstić information content (AvgIpc) is 3.02. The van der Waals surface area contributed by atoms with Gasteiger partial charge in [0.2, 0.25) is 5.88 Å². The molecule has 2 aromatic carbocycles. The standard InChI is InChI=1S/C31H32ClN5O6/c1-37-31(40)22(12-14-34-37)29(39)35-25-9-5-7-20(28(25)41-2)19-6-4-8-21(27(19)32)23-11-10-18(30(36-23)42-3)16-33-24-13-15-43-17-26(24)38/h4-12,14,24,26,33,38H,13,15-17H2,1-3H3,(H,35,39). The highest BCUT2D eigenvalue weighted by Crippen LogP contribution is 2.43. The third-order valence-corrected chi connectivity index (χ3v) is 7.70. The maximum Gasteiger partial charge on any atom is 0.279 e. The van der Waals surface area contributed by atoms with E-state index in [1.165, 1.54) is 26.4 Å². The number of nitrogens with zero attached hydrogens (tertiary/aromatic N) is 3. The number of aliphatic hydroxyl groups is 1. The van der Waals surface area contributed by atoms with E-state index in [-0.39, 0.29) is 11.6 Å². The number of aliphatic hydroxyl groups excluding tert-OH is 1. The fourth-order valence-corrected chi connectivity index (χ4v) is 5.33. The molecule has 3 N–H and O–H groups in total. The van der Waals surface area contributed by atoms with E-state index in [0.29, 0.717) is 70.9 Å². The summed E-state index contributed by atoms with van der Waals surface area (Å²) in [7, 11) is 4.53. The second-order valence-electron chi connectivity index (χ2n) is 9.96. The fourth-order valence-electron chi connectivity index (χ4n) is 5.01. The van der Waals surface area contributed by atoms with Crippen LogP contribution in [0, 0.1) is 0 Å². The van der Waals surface area contributed by atoms with Crippen molar-refractivity contribution in [3.8, 4) is 34.0 Å². The lowest BCUT2D eigenvalue weighted by atomic mass is 9.99. The predicted molar refractivity (Wildman–Crippen MR) is 163 cm³/mol. The summed E-state index contributed by atoms with van der Waals surface area (Å²) < 4.78 is 17.7. The fraction of sp³-hybridized carbons (Fsp3) is 0.290. The van der Waals surface area contributed by atoms with Crippen LogP contribution >= 0.6 is 11.6 Å². The minimum Gasteiger partial charge on any atom is -0.494 e. The molecular formula is C31H32ClN5O6. The van der Waals surface area contributed by atoms with Gasteiger partial charge in [0.1, 0.15) is 11.3 Å². The molecule has 2 unspecified atom stereocenters. The van der Waals surface area contributed by atoms with Gasteiger partial charge in [-0.2, -0.15) is 5.10 Å². The molecule has 0 radical (unpaired) electrons. The number of aryl methyl sites for hydroxylation is 1. The first kappa shape index (κ1) is 30.2. The Morgan fingerprint density at radius 2 is 1.86 bits per heavy atom. The first-order valence-electron chi connectivity index (χ1n) is 13.7. The van der Waals surface area contributed by atoms with Gasteiger partial charge in [-0.15, -0.1) is 0 Å². The molecule has 1 amide bonds. The molecule has 2 atom stereocenters. The molecule has 1 aliphatic rings. The second kappa shape index (κ2) is 13.3. The number of hydrogen-bond acceptors (Lipinski definition) is 9. The largest absolute Gasteiger partial charge is 0.494 e. The molecule has 0 aliphatic carbocycles. The minimum atomic E-state index is -0.587. The van der Waals surface area contributed by atoms with Crippen LogP contribution in [0.5, 0.6) is 11.6 Å². The Morgan fingerprint density at radius 3 is 2.63 bits per heavy atom. The number of pyridine rings is 1. The summed E-state index contributed by atoms with van der Waals surface area (Å²) >= 11 is 6.99. The zero-order valence-electron chi connectivity index (χ0n) is 24.0. The predicted octanol–water partition coefficient (Wildman–Crippen LogP) is 3.67. The monoisotopic (exact) mass is 605 g/mol. The van der Waals surface area contributed by atoms with Crippen molar-refractivity contribution in [2.75, 3.05) is 32.8 Å². The summed E-state index contributed by atoms with van der Waals surface area (Å²) in [6.07, 6.45) is 1.53. The smallest absolute Gasteiger partial charge is 0.279 e. The minimum absolute atomic E-state index is 0.0485. The summed E-state index contributed by atoms with van der Waals surface area (Å²) in [6.45, 7) is 1.38. The Labute approximate surface area is 253 Å². The number of aromatic nitrogens is 3. The molecule has 1 aliphatic heterocycles. The van der Waals surface area contributed by atoms with E-state index in [4.69, 9.17) is 30.8 Å². The lowest BCUT2D eigenvalue weighted by Crippen LogP contribution is -2.46. The average molecular weight is 606 g/mol. The van der Waals surface area contributed by atoms with Crippen LogP contribution in [0.25, 0.3) is 22.4 Å². The van der Waals surface area contributed by atoms with Crippen molar-refractivity contribution in [1.29, 1.82) is 0 Å². The number of anilines is 1. The molecule has 0 saturated carbocycles. The SMILES string of the molecule is COc1nc(-c2cccc(-c3cccc(NC(=O)c4ccnn(C)c4=O)c3OC)c2Cl)ccc1CNC1CCOCC1O. The van der Waals surface area contributed by atoms with E-state index in [2.05, 4.69) is 15.7 Å². The molecule has 2 aromatic heterocycles. The summed E-state index contributed by atoms with van der Waals surface area (Å²) in [5.74, 6) is 0.233. The van der Waals surface area contributed by atoms with Gasteiger partial charge in [0.05, 0.1) is 43.3 Å². The first-order chi connectivity index (χ1) is 20.8. The Kier molecular flexibility index (Phi) is 9.37. The van der Waals surface area contributed by atoms with Crippen molar-refractivity contribution in [3.63, 3.8) is 0 Å². The number of halogens is 1. The van der Waals surface area contributed by atoms with E-state index in [0.717, 1.165) is 10.2 Å². The topological polar surface area (TPSA) is 137 Å². The molecule has 12 heteroatoms. The Morgan fingerprint density at radius 1 is 1.09 bits per heavy atom. The van der Waals surface area contributed by atoms with Gasteiger partial charge in [-0.1, -0.05) is 48.0 Å². The number of methoxy groups -OCH3 is 2. The highest BCUT2D eigenvalue weighted by molar-refractivity contribution is 6.36. The third-order valence-electron chi connectivity index (χ3n) is 7.30. The molecular weight excluding hydrogens is 574 g/mol. The highest BCUT2D eigenvalue weighted by atomic mass is 35.5. The Hall–Kier alpha value is -4.29. The number of nitrogens with one attached hydrogen (secondary N) is 2. The van der Waals surface area contributed by atoms with Gasteiger partial charge in [-0.05, 0) is 24.6 Å². The van der Waals surface area contributed by atoms with Crippen LogP contribution in [0.1, 0.15) is 22.3 Å². The van der Waals surface area contributed by atoms with Gasteiger partial charge in [-0.3, -0.25) is 9.59 Å². The molecule has 3 heterocycles. The number of ether oxygens (including phenoxy) is 3. The summed E-state index contributed by atoms with van der Waals surface area (Å²) in [4.78, 5) is 30.1. The van der Waals surface area contributed by atoms with E-state index >= 15 is 0 Å². The van der Waals surface area contributed by atoms with Crippen LogP contribution in [-0.2, 0) is 18.3 Å². The number of carbonyl (C=O) groups is 1. The van der Waals surface area contributed by atoms with E-state index < -0.39 is 17.6 Å². The zero-order chi connectivity index (χ0) is 30.5. The van der Waals surface area contributed by atoms with Crippen LogP contribution in [0.2, 0.25) is 5.02 Å². The van der Waals surface area contributed by atoms with E-state index in [9.17, 15) is 14.7 Å². The van der Waals surface area contributed by atoms with Gasteiger partial charge < -0.3 is 30.0 Å². The molecule has 0 bridgehead atoms. The summed E-state index contributed by atoms with van der Waals surface area (Å²) in [6, 6.07) is 15.9. The van der Waals surface area contributed by atoms with E-state index in [1.807, 2.05) is 36.4 Å². The number of hydrogen-bond donors (Lipinski definition) is 3. The number of rotatable bonds is 9. The molecule has 11 nitrogen and oxygen atoms in total. The Bertz CT molecular complexity index is 1690. The molecule has 1 saturated heterocycles. The van der Waals surface area contributed by atoms with Crippen molar-refractivity contribution >= 4 is 23.2 Å². The third kappa shape index (κ3) is 6.40. The molecule has 224 valence electrons. The molecule has 43 heavy (non-hydrogen) atoms. The quantitative estimate of drug-likeness (QED) is 0.261. The van der Waals surface area contributed by atoms with Crippen molar-refractivity contribution < 1.29 is 24.1 Å². The van der Waals surface area contributed by atoms with Gasteiger partial charge >= 0.3 is 0 Å². The molecule has 1 fully saturated rings. The number of carbonyl (C=O) groups excluding carboxylic acids is 1. The zero-order valence-corrected chi connectivity index (χ0v) is 24.7. The lowest BCUT2D eigenvalue weighted by molar-refractivity contribution is -0.0281. The normalized spacial score (nSPS) is 16.5. The number of benzene rings is 2. The van der Waals surface area contributed by atoms with Gasteiger partial charge in [0, 0.05) is 54.7 Å². The second-order valence-corrected chi connectivity index (χ2v) is 10.3.